The largest absolute Gasteiger partial charge is 0.472 e. The molecule has 0 aromatic carbocycles. The Kier molecular flexibility index (Phi) is 49.7. The molecule has 0 aliphatic carbocycles. The number of phosphoric ester groups is 1. The molecule has 0 aliphatic heterocycles. The van der Waals surface area contributed by atoms with Crippen molar-refractivity contribution in [3.8, 4) is 0 Å². The number of hydrogen-bond acceptors (Lipinski definition) is 8. The van der Waals surface area contributed by atoms with Crippen molar-refractivity contribution in [3.63, 3.8) is 0 Å². The maximum absolute atomic E-state index is 12.7. The van der Waals surface area contributed by atoms with E-state index in [1.807, 2.05) is 0 Å². The Labute approximate surface area is 395 Å². The molecule has 0 fully saturated rings. The summed E-state index contributed by atoms with van der Waals surface area (Å²) in [4.78, 5) is 35.1. The van der Waals surface area contributed by atoms with Crippen LogP contribution in [0.5, 0.6) is 0 Å². The molecule has 0 aromatic heterocycles. The summed E-state index contributed by atoms with van der Waals surface area (Å²) in [5.41, 5.74) is 5.37. The Morgan fingerprint density at radius 1 is 0.469 bits per heavy atom. The zero-order chi connectivity index (χ0) is 46.7. The molecule has 2 atom stereocenters. The average molecular weight is 926 g/mol. The second kappa shape index (κ2) is 50.9. The summed E-state index contributed by atoms with van der Waals surface area (Å²) in [5, 5.41) is 0. The van der Waals surface area contributed by atoms with Gasteiger partial charge in [0.15, 0.2) is 6.10 Å². The maximum Gasteiger partial charge on any atom is 0.472 e. The first-order valence-corrected chi connectivity index (χ1v) is 28.8. The average Bonchev–Trinajstić information content (AvgIpc) is 3.28. The Morgan fingerprint density at radius 2 is 0.812 bits per heavy atom. The first-order valence-electron chi connectivity index (χ1n) is 27.3. The van der Waals surface area contributed by atoms with Crippen LogP contribution in [0, 0.1) is 0 Å². The number of allylic oxidation sites excluding steroid dienone is 4. The fraction of sp³-hybridized carbons (Fsp3) is 0.889. The zero-order valence-electron chi connectivity index (χ0n) is 42.0. The van der Waals surface area contributed by atoms with Gasteiger partial charge in [-0.3, -0.25) is 18.6 Å². The van der Waals surface area contributed by atoms with Crippen LogP contribution in [-0.2, 0) is 32.7 Å². The fourth-order valence-corrected chi connectivity index (χ4v) is 8.79. The molecule has 0 spiro atoms. The summed E-state index contributed by atoms with van der Waals surface area (Å²) in [6.07, 6.45) is 57.9. The second-order valence-corrected chi connectivity index (χ2v) is 19.9. The molecule has 0 heterocycles. The first-order chi connectivity index (χ1) is 31.3. The molecule has 0 saturated carbocycles. The van der Waals surface area contributed by atoms with Gasteiger partial charge >= 0.3 is 19.8 Å². The molecule has 0 rings (SSSR count). The van der Waals surface area contributed by atoms with E-state index in [-0.39, 0.29) is 38.6 Å². The van der Waals surface area contributed by atoms with E-state index in [0.29, 0.717) is 6.42 Å². The maximum atomic E-state index is 12.7. The molecular formula is C54H104NO8P. The van der Waals surface area contributed by atoms with Gasteiger partial charge in [0.2, 0.25) is 0 Å². The van der Waals surface area contributed by atoms with Gasteiger partial charge in [-0.1, -0.05) is 244 Å². The van der Waals surface area contributed by atoms with E-state index in [2.05, 4.69) is 38.2 Å². The highest BCUT2D eigenvalue weighted by atomic mass is 31.2. The number of phosphoric acid groups is 1. The predicted molar refractivity (Wildman–Crippen MR) is 271 cm³/mol. The van der Waals surface area contributed by atoms with E-state index in [1.165, 1.54) is 193 Å². The third-order valence-electron chi connectivity index (χ3n) is 12.1. The van der Waals surface area contributed by atoms with Crippen molar-refractivity contribution in [2.45, 2.75) is 283 Å². The number of rotatable bonds is 52. The quantitative estimate of drug-likeness (QED) is 0.0265. The minimum Gasteiger partial charge on any atom is -0.462 e. The minimum absolute atomic E-state index is 0.0547. The molecule has 0 saturated heterocycles. The van der Waals surface area contributed by atoms with Crippen LogP contribution < -0.4 is 5.73 Å². The highest BCUT2D eigenvalue weighted by Crippen LogP contribution is 2.43. The zero-order valence-corrected chi connectivity index (χ0v) is 42.9. The van der Waals surface area contributed by atoms with Gasteiger partial charge in [-0.25, -0.2) is 4.57 Å². The van der Waals surface area contributed by atoms with Crippen molar-refractivity contribution in [1.82, 2.24) is 0 Å². The van der Waals surface area contributed by atoms with Crippen molar-refractivity contribution < 1.29 is 37.6 Å². The molecule has 3 N–H and O–H groups in total. The van der Waals surface area contributed by atoms with E-state index in [1.54, 1.807) is 0 Å². The van der Waals surface area contributed by atoms with Crippen molar-refractivity contribution in [3.05, 3.63) is 24.3 Å². The molecule has 378 valence electrons. The van der Waals surface area contributed by atoms with Crippen LogP contribution in [0.15, 0.2) is 24.3 Å². The summed E-state index contributed by atoms with van der Waals surface area (Å²) in [7, 11) is -4.38. The van der Waals surface area contributed by atoms with Gasteiger partial charge in [0.05, 0.1) is 13.2 Å². The van der Waals surface area contributed by atoms with Gasteiger partial charge in [-0.15, -0.1) is 0 Å². The SMILES string of the molecule is CCCCCCC/C=C\C/C=C\CCCCCCCCCCCC(=O)OC(COC(=O)CCCCCCCCCCCCCCCCCCCCCCCC)COP(=O)(O)OCCN. The lowest BCUT2D eigenvalue weighted by molar-refractivity contribution is -0.161. The topological polar surface area (TPSA) is 134 Å². The third-order valence-corrected chi connectivity index (χ3v) is 13.1. The third kappa shape index (κ3) is 49.9. The minimum atomic E-state index is -4.38. The molecule has 0 aliphatic rings. The van der Waals surface area contributed by atoms with E-state index in [9.17, 15) is 19.0 Å². The number of ether oxygens (including phenoxy) is 2. The van der Waals surface area contributed by atoms with Gasteiger partial charge in [0.1, 0.15) is 6.61 Å². The molecule has 9 nitrogen and oxygen atoms in total. The lowest BCUT2D eigenvalue weighted by atomic mass is 10.0. The number of carbonyl (C=O) groups excluding carboxylic acids is 2. The van der Waals surface area contributed by atoms with Gasteiger partial charge < -0.3 is 20.1 Å². The van der Waals surface area contributed by atoms with Crippen molar-refractivity contribution in [2.75, 3.05) is 26.4 Å². The number of unbranched alkanes of at least 4 members (excludes halogenated alkanes) is 35. The van der Waals surface area contributed by atoms with E-state index in [4.69, 9.17) is 24.3 Å². The van der Waals surface area contributed by atoms with Gasteiger partial charge in [-0.05, 0) is 44.9 Å². The van der Waals surface area contributed by atoms with Crippen LogP contribution in [0.3, 0.4) is 0 Å². The number of nitrogens with two attached hydrogens (primary N) is 1. The van der Waals surface area contributed by atoms with E-state index >= 15 is 0 Å². The molecular weight excluding hydrogens is 822 g/mol. The lowest BCUT2D eigenvalue weighted by Gasteiger charge is -2.19. The molecule has 0 aromatic rings. The van der Waals surface area contributed by atoms with Gasteiger partial charge in [0, 0.05) is 19.4 Å². The second-order valence-electron chi connectivity index (χ2n) is 18.5. The van der Waals surface area contributed by atoms with E-state index < -0.39 is 26.5 Å². The summed E-state index contributed by atoms with van der Waals surface area (Å²) in [6, 6.07) is 0. The predicted octanol–water partition coefficient (Wildman–Crippen LogP) is 16.7. The molecule has 0 amide bonds. The summed E-state index contributed by atoms with van der Waals surface area (Å²) in [5.74, 6) is -0.817. The fourth-order valence-electron chi connectivity index (χ4n) is 8.02. The van der Waals surface area contributed by atoms with Crippen LogP contribution in [0.1, 0.15) is 277 Å². The Bertz CT molecular complexity index is 1100. The van der Waals surface area contributed by atoms with Crippen molar-refractivity contribution >= 4 is 19.8 Å². The highest BCUT2D eigenvalue weighted by Gasteiger charge is 2.26. The normalized spacial score (nSPS) is 13.2. The smallest absolute Gasteiger partial charge is 0.462 e. The Balaban J connectivity index is 3.98. The van der Waals surface area contributed by atoms with E-state index in [0.717, 1.165) is 51.4 Å². The molecule has 0 radical (unpaired) electrons. The van der Waals surface area contributed by atoms with Crippen molar-refractivity contribution in [2.24, 2.45) is 5.73 Å². The standard InChI is InChI=1S/C54H104NO8P/c1-3-5-7-9-11-13-15-17-19-21-23-25-27-28-30-32-34-36-38-40-42-44-46-53(56)60-50-52(51-62-64(58,59)61-49-48-55)63-54(57)47-45-43-41-39-37-35-33-31-29-26-24-22-20-18-16-14-12-10-8-6-4-2/h16,18,22,24,52H,3-15,17,19-21,23,25-51,55H2,1-2H3,(H,58,59)/b18-16-,24-22-. The highest BCUT2D eigenvalue weighted by molar-refractivity contribution is 7.47. The molecule has 64 heavy (non-hydrogen) atoms. The number of hydrogen-bond donors (Lipinski definition) is 2. The monoisotopic (exact) mass is 926 g/mol. The molecule has 10 heteroatoms. The van der Waals surface area contributed by atoms with Crippen LogP contribution in [0.25, 0.3) is 0 Å². The van der Waals surface area contributed by atoms with Crippen LogP contribution >= 0.6 is 7.82 Å². The first kappa shape index (κ1) is 62.5. The van der Waals surface area contributed by atoms with Crippen LogP contribution in [-0.4, -0.2) is 49.3 Å². The molecule has 2 unspecified atom stereocenters. The van der Waals surface area contributed by atoms with Crippen LogP contribution in [0.2, 0.25) is 0 Å². The number of esters is 2. The number of carbonyl (C=O) groups is 2. The van der Waals surface area contributed by atoms with Gasteiger partial charge in [-0.2, -0.15) is 0 Å². The van der Waals surface area contributed by atoms with Crippen LogP contribution in [0.4, 0.5) is 0 Å². The Hall–Kier alpha value is -1.51. The van der Waals surface area contributed by atoms with Crippen molar-refractivity contribution in [1.29, 1.82) is 0 Å². The van der Waals surface area contributed by atoms with Gasteiger partial charge in [0.25, 0.3) is 0 Å². The Morgan fingerprint density at radius 3 is 1.19 bits per heavy atom. The summed E-state index contributed by atoms with van der Waals surface area (Å²) < 4.78 is 33.0. The molecule has 0 bridgehead atoms. The summed E-state index contributed by atoms with van der Waals surface area (Å²) >= 11 is 0. The lowest BCUT2D eigenvalue weighted by Crippen LogP contribution is -2.29. The summed E-state index contributed by atoms with van der Waals surface area (Å²) in [6.45, 7) is 3.78.